The zero-order valence-electron chi connectivity index (χ0n) is 12.5. The molecule has 1 aromatic rings. The van der Waals surface area contributed by atoms with E-state index < -0.39 is 12.0 Å². The average Bonchev–Trinajstić information content (AvgIpc) is 2.51. The fourth-order valence-electron chi connectivity index (χ4n) is 1.71. The van der Waals surface area contributed by atoms with Gasteiger partial charge in [-0.25, -0.2) is 4.79 Å². The van der Waals surface area contributed by atoms with Crippen molar-refractivity contribution in [1.82, 2.24) is 5.32 Å². The molecule has 1 rings (SSSR count). The second kappa shape index (κ2) is 9.28. The lowest BCUT2D eigenvalue weighted by Crippen LogP contribution is -2.43. The molecule has 1 amide bonds. The molecular formula is C15H21NO4S. The number of amides is 1. The van der Waals surface area contributed by atoms with Gasteiger partial charge in [-0.1, -0.05) is 19.1 Å². The summed E-state index contributed by atoms with van der Waals surface area (Å²) in [6, 6.07) is 6.22. The molecule has 1 atom stereocenters. The highest BCUT2D eigenvalue weighted by Crippen LogP contribution is 2.17. The number of hydrogen-bond donors (Lipinski definition) is 1. The van der Waals surface area contributed by atoms with Crippen LogP contribution >= 0.6 is 11.8 Å². The summed E-state index contributed by atoms with van der Waals surface area (Å²) >= 11 is 1.47. The Kier molecular flexibility index (Phi) is 7.68. The van der Waals surface area contributed by atoms with E-state index >= 15 is 0 Å². The molecule has 116 valence electrons. The molecule has 6 heteroatoms. The molecule has 5 nitrogen and oxygen atoms in total. The van der Waals surface area contributed by atoms with Crippen LogP contribution in [0.5, 0.6) is 5.75 Å². The van der Waals surface area contributed by atoms with Crippen molar-refractivity contribution in [3.63, 3.8) is 0 Å². The number of ether oxygens (including phenoxy) is 2. The second-order valence-electron chi connectivity index (χ2n) is 4.35. The summed E-state index contributed by atoms with van der Waals surface area (Å²) in [5.74, 6) is 0.179. The molecule has 0 aliphatic carbocycles. The van der Waals surface area contributed by atoms with Crippen LogP contribution in [0.15, 0.2) is 24.3 Å². The molecule has 0 spiro atoms. The first-order valence-electron chi connectivity index (χ1n) is 6.73. The van der Waals surface area contributed by atoms with E-state index in [-0.39, 0.29) is 5.91 Å². The molecule has 0 bridgehead atoms. The van der Waals surface area contributed by atoms with Crippen LogP contribution in [0.2, 0.25) is 0 Å². The summed E-state index contributed by atoms with van der Waals surface area (Å²) in [5, 5.41) is 2.70. The van der Waals surface area contributed by atoms with Gasteiger partial charge in [-0.2, -0.15) is 11.8 Å². The maximum atomic E-state index is 12.3. The number of para-hydroxylation sites is 1. The first-order chi connectivity index (χ1) is 10.1. The lowest BCUT2D eigenvalue weighted by molar-refractivity contribution is -0.145. The largest absolute Gasteiger partial charge is 0.496 e. The number of nitrogens with one attached hydrogen (secondary N) is 1. The lowest BCUT2D eigenvalue weighted by atomic mass is 10.1. The van der Waals surface area contributed by atoms with Crippen LogP contribution in [0.1, 0.15) is 23.7 Å². The van der Waals surface area contributed by atoms with Gasteiger partial charge >= 0.3 is 5.97 Å². The minimum absolute atomic E-state index is 0.347. The number of esters is 1. The molecule has 1 unspecified atom stereocenters. The van der Waals surface area contributed by atoms with E-state index in [0.29, 0.717) is 23.7 Å². The highest BCUT2D eigenvalue weighted by atomic mass is 32.2. The highest BCUT2D eigenvalue weighted by molar-refractivity contribution is 7.98. The summed E-state index contributed by atoms with van der Waals surface area (Å²) in [6.45, 7) is 2.28. The molecule has 0 heterocycles. The third-order valence-electron chi connectivity index (χ3n) is 2.72. The van der Waals surface area contributed by atoms with Gasteiger partial charge in [0.2, 0.25) is 0 Å². The molecular weight excluding hydrogens is 290 g/mol. The topological polar surface area (TPSA) is 64.6 Å². The van der Waals surface area contributed by atoms with Crippen molar-refractivity contribution < 1.29 is 19.1 Å². The number of methoxy groups -OCH3 is 1. The summed E-state index contributed by atoms with van der Waals surface area (Å²) < 4.78 is 10.3. The van der Waals surface area contributed by atoms with Gasteiger partial charge < -0.3 is 14.8 Å². The quantitative estimate of drug-likeness (QED) is 0.745. The van der Waals surface area contributed by atoms with Crippen LogP contribution in [0.3, 0.4) is 0 Å². The monoisotopic (exact) mass is 311 g/mol. The number of carbonyl (C=O) groups is 2. The minimum Gasteiger partial charge on any atom is -0.496 e. The average molecular weight is 311 g/mol. The van der Waals surface area contributed by atoms with E-state index in [2.05, 4.69) is 5.32 Å². The smallest absolute Gasteiger partial charge is 0.329 e. The number of benzene rings is 1. The number of rotatable bonds is 8. The lowest BCUT2D eigenvalue weighted by Gasteiger charge is -2.17. The molecule has 0 radical (unpaired) electrons. The van der Waals surface area contributed by atoms with Crippen molar-refractivity contribution in [3.8, 4) is 5.75 Å². The van der Waals surface area contributed by atoms with Gasteiger partial charge in [-0.3, -0.25) is 4.79 Å². The van der Waals surface area contributed by atoms with Crippen LogP contribution in [0.4, 0.5) is 0 Å². The summed E-state index contributed by atoms with van der Waals surface area (Å²) in [7, 11) is 1.50. The molecule has 1 N–H and O–H groups in total. The fraction of sp³-hybridized carbons (Fsp3) is 0.467. The molecule has 0 aromatic heterocycles. The van der Waals surface area contributed by atoms with Gasteiger partial charge in [0.25, 0.3) is 5.91 Å². The zero-order chi connectivity index (χ0) is 15.7. The third-order valence-corrected chi connectivity index (χ3v) is 3.39. The van der Waals surface area contributed by atoms with Crippen molar-refractivity contribution in [3.05, 3.63) is 29.8 Å². The SMILES string of the molecule is CCCOC(=O)C(CSC)NC(=O)c1ccccc1OC. The molecule has 0 saturated heterocycles. The van der Waals surface area contributed by atoms with Crippen molar-refractivity contribution in [2.75, 3.05) is 25.7 Å². The van der Waals surface area contributed by atoms with Gasteiger partial charge in [0.05, 0.1) is 19.3 Å². The highest BCUT2D eigenvalue weighted by Gasteiger charge is 2.23. The van der Waals surface area contributed by atoms with Crippen LogP contribution in [-0.4, -0.2) is 43.6 Å². The molecule has 21 heavy (non-hydrogen) atoms. The van der Waals surface area contributed by atoms with Crippen LogP contribution in [-0.2, 0) is 9.53 Å². The first kappa shape index (κ1) is 17.4. The standard InChI is InChI=1S/C15H21NO4S/c1-4-9-20-15(18)12(10-21-3)16-14(17)11-7-5-6-8-13(11)19-2/h5-8,12H,4,9-10H2,1-3H3,(H,16,17). The van der Waals surface area contributed by atoms with Gasteiger partial charge in [0, 0.05) is 5.75 Å². The van der Waals surface area contributed by atoms with Gasteiger partial charge in [-0.15, -0.1) is 0 Å². The Morgan fingerprint density at radius 3 is 2.67 bits per heavy atom. The Labute approximate surface area is 129 Å². The summed E-state index contributed by atoms with van der Waals surface area (Å²) in [5.41, 5.74) is 0.398. The fourth-order valence-corrected chi connectivity index (χ4v) is 2.26. The van der Waals surface area contributed by atoms with Gasteiger partial charge in [-0.05, 0) is 24.8 Å². The van der Waals surface area contributed by atoms with Crippen LogP contribution < -0.4 is 10.1 Å². The Hall–Kier alpha value is -1.69. The molecule has 1 aromatic carbocycles. The zero-order valence-corrected chi connectivity index (χ0v) is 13.4. The second-order valence-corrected chi connectivity index (χ2v) is 5.26. The molecule has 0 aliphatic heterocycles. The molecule has 0 aliphatic rings. The number of hydrogen-bond acceptors (Lipinski definition) is 5. The third kappa shape index (κ3) is 5.30. The van der Waals surface area contributed by atoms with E-state index in [1.54, 1.807) is 24.3 Å². The predicted octanol–water partition coefficient (Wildman–Crippen LogP) is 2.11. The van der Waals surface area contributed by atoms with E-state index in [4.69, 9.17) is 9.47 Å². The van der Waals surface area contributed by atoms with E-state index in [1.807, 2.05) is 13.2 Å². The van der Waals surface area contributed by atoms with E-state index in [1.165, 1.54) is 18.9 Å². The normalized spacial score (nSPS) is 11.6. The summed E-state index contributed by atoms with van der Waals surface area (Å²) in [6.07, 6.45) is 2.62. The van der Waals surface area contributed by atoms with Gasteiger partial charge in [0.15, 0.2) is 0 Å². The van der Waals surface area contributed by atoms with E-state index in [0.717, 1.165) is 6.42 Å². The van der Waals surface area contributed by atoms with Gasteiger partial charge in [0.1, 0.15) is 11.8 Å². The molecule has 0 saturated carbocycles. The summed E-state index contributed by atoms with van der Waals surface area (Å²) in [4.78, 5) is 24.2. The van der Waals surface area contributed by atoms with Crippen molar-refractivity contribution in [1.29, 1.82) is 0 Å². The van der Waals surface area contributed by atoms with E-state index in [9.17, 15) is 9.59 Å². The Morgan fingerprint density at radius 1 is 1.33 bits per heavy atom. The van der Waals surface area contributed by atoms with Crippen molar-refractivity contribution >= 4 is 23.6 Å². The Morgan fingerprint density at radius 2 is 2.05 bits per heavy atom. The number of thioether (sulfide) groups is 1. The van der Waals surface area contributed by atoms with Crippen molar-refractivity contribution in [2.24, 2.45) is 0 Å². The minimum atomic E-state index is -0.663. The molecule has 0 fully saturated rings. The van der Waals surface area contributed by atoms with Crippen LogP contribution in [0, 0.1) is 0 Å². The Balaban J connectivity index is 2.78. The maximum absolute atomic E-state index is 12.3. The predicted molar refractivity (Wildman–Crippen MR) is 83.9 cm³/mol. The maximum Gasteiger partial charge on any atom is 0.329 e. The van der Waals surface area contributed by atoms with Crippen LogP contribution in [0.25, 0.3) is 0 Å². The first-order valence-corrected chi connectivity index (χ1v) is 8.12. The Bertz CT molecular complexity index is 478. The number of carbonyl (C=O) groups excluding carboxylic acids is 2. The van der Waals surface area contributed by atoms with Crippen molar-refractivity contribution in [2.45, 2.75) is 19.4 Å².